The summed E-state index contributed by atoms with van der Waals surface area (Å²) in [5, 5.41) is 0. The molecular formula is C10H21N. The third kappa shape index (κ3) is 4.20. The van der Waals surface area contributed by atoms with Crippen LogP contribution in [0.1, 0.15) is 27.7 Å². The van der Waals surface area contributed by atoms with E-state index in [1.54, 1.807) is 5.57 Å². The van der Waals surface area contributed by atoms with E-state index >= 15 is 0 Å². The van der Waals surface area contributed by atoms with E-state index in [1.165, 1.54) is 5.57 Å². The van der Waals surface area contributed by atoms with Gasteiger partial charge in [-0.05, 0) is 33.9 Å². The first-order valence-electron chi connectivity index (χ1n) is 4.26. The van der Waals surface area contributed by atoms with Crippen molar-refractivity contribution in [2.75, 3.05) is 20.6 Å². The smallest absolute Gasteiger partial charge is 0.0191 e. The van der Waals surface area contributed by atoms with Gasteiger partial charge < -0.3 is 4.90 Å². The molecule has 0 radical (unpaired) electrons. The first-order valence-corrected chi connectivity index (χ1v) is 4.26. The molecule has 0 saturated heterocycles. The van der Waals surface area contributed by atoms with Crippen LogP contribution in [0.15, 0.2) is 11.1 Å². The van der Waals surface area contributed by atoms with Crippen molar-refractivity contribution in [1.82, 2.24) is 4.90 Å². The van der Waals surface area contributed by atoms with E-state index < -0.39 is 0 Å². The second-order valence-electron chi connectivity index (χ2n) is 3.92. The maximum atomic E-state index is 2.26. The molecule has 0 unspecified atom stereocenters. The standard InChI is InChI=1S/C10H21N/c1-8(2)10(9(3)4)7-11(5)6/h8H,7H2,1-6H3. The van der Waals surface area contributed by atoms with Crippen molar-refractivity contribution >= 4 is 0 Å². The average Bonchev–Trinajstić information content (AvgIpc) is 1.81. The SMILES string of the molecule is CC(C)=C(CN(C)C)C(C)C. The van der Waals surface area contributed by atoms with Gasteiger partial charge in [0.15, 0.2) is 0 Å². The molecule has 0 bridgehead atoms. The fourth-order valence-electron chi connectivity index (χ4n) is 1.26. The quantitative estimate of drug-likeness (QED) is 0.566. The molecule has 66 valence electrons. The summed E-state index contributed by atoms with van der Waals surface area (Å²) in [6.45, 7) is 10.00. The van der Waals surface area contributed by atoms with Crippen LogP contribution < -0.4 is 0 Å². The van der Waals surface area contributed by atoms with Crippen LogP contribution in [0.3, 0.4) is 0 Å². The predicted molar refractivity (Wildman–Crippen MR) is 51.8 cm³/mol. The summed E-state index contributed by atoms with van der Waals surface area (Å²) in [6, 6.07) is 0. The third-order valence-electron chi connectivity index (χ3n) is 1.83. The minimum Gasteiger partial charge on any atom is -0.305 e. The Hall–Kier alpha value is -0.300. The van der Waals surface area contributed by atoms with Crippen LogP contribution in [-0.2, 0) is 0 Å². The van der Waals surface area contributed by atoms with Crippen molar-refractivity contribution in [1.29, 1.82) is 0 Å². The van der Waals surface area contributed by atoms with Gasteiger partial charge in [-0.25, -0.2) is 0 Å². The highest BCUT2D eigenvalue weighted by atomic mass is 15.0. The van der Waals surface area contributed by atoms with Crippen molar-refractivity contribution in [3.8, 4) is 0 Å². The van der Waals surface area contributed by atoms with Gasteiger partial charge in [0, 0.05) is 6.54 Å². The van der Waals surface area contributed by atoms with Gasteiger partial charge in [0.1, 0.15) is 0 Å². The Balaban J connectivity index is 4.26. The van der Waals surface area contributed by atoms with Gasteiger partial charge in [0.25, 0.3) is 0 Å². The molecule has 0 rings (SSSR count). The Labute approximate surface area is 71.1 Å². The van der Waals surface area contributed by atoms with Crippen molar-refractivity contribution in [2.45, 2.75) is 27.7 Å². The molecule has 0 aliphatic carbocycles. The summed E-state index contributed by atoms with van der Waals surface area (Å²) < 4.78 is 0. The Bertz CT molecular complexity index is 139. The molecule has 0 aromatic carbocycles. The highest BCUT2D eigenvalue weighted by Crippen LogP contribution is 2.14. The summed E-state index contributed by atoms with van der Waals surface area (Å²) in [7, 11) is 4.23. The molecule has 0 aliphatic heterocycles. The largest absolute Gasteiger partial charge is 0.305 e. The van der Waals surface area contributed by atoms with Crippen LogP contribution in [0.2, 0.25) is 0 Å². The number of likely N-dealkylation sites (N-methyl/N-ethyl adjacent to an activating group) is 1. The predicted octanol–water partition coefficient (Wildman–Crippen LogP) is 2.54. The number of hydrogen-bond acceptors (Lipinski definition) is 1. The van der Waals surface area contributed by atoms with Crippen LogP contribution in [0.25, 0.3) is 0 Å². The lowest BCUT2D eigenvalue weighted by molar-refractivity contribution is 0.426. The van der Waals surface area contributed by atoms with E-state index in [1.807, 2.05) is 0 Å². The monoisotopic (exact) mass is 155 g/mol. The van der Waals surface area contributed by atoms with E-state index in [2.05, 4.69) is 46.7 Å². The molecule has 0 aliphatic rings. The number of rotatable bonds is 3. The lowest BCUT2D eigenvalue weighted by Crippen LogP contribution is -2.18. The molecule has 1 nitrogen and oxygen atoms in total. The minimum atomic E-state index is 0.683. The number of hydrogen-bond donors (Lipinski definition) is 0. The van der Waals surface area contributed by atoms with Crippen molar-refractivity contribution in [3.05, 3.63) is 11.1 Å². The molecule has 0 spiro atoms. The lowest BCUT2D eigenvalue weighted by atomic mass is 9.98. The molecule has 11 heavy (non-hydrogen) atoms. The molecule has 0 aromatic rings. The van der Waals surface area contributed by atoms with Crippen LogP contribution in [-0.4, -0.2) is 25.5 Å². The van der Waals surface area contributed by atoms with E-state index in [-0.39, 0.29) is 0 Å². The summed E-state index contributed by atoms with van der Waals surface area (Å²) in [6.07, 6.45) is 0. The molecular weight excluding hydrogens is 134 g/mol. The van der Waals surface area contributed by atoms with Gasteiger partial charge in [-0.1, -0.05) is 25.0 Å². The number of allylic oxidation sites excluding steroid dienone is 1. The van der Waals surface area contributed by atoms with Crippen LogP contribution in [0.4, 0.5) is 0 Å². The lowest BCUT2D eigenvalue weighted by Gasteiger charge is -2.18. The van der Waals surface area contributed by atoms with E-state index in [4.69, 9.17) is 0 Å². The van der Waals surface area contributed by atoms with E-state index in [9.17, 15) is 0 Å². The molecule has 0 heterocycles. The number of nitrogens with zero attached hydrogens (tertiary/aromatic N) is 1. The topological polar surface area (TPSA) is 3.24 Å². The maximum absolute atomic E-state index is 2.26. The van der Waals surface area contributed by atoms with Gasteiger partial charge in [0.2, 0.25) is 0 Å². The zero-order valence-electron chi connectivity index (χ0n) is 8.73. The van der Waals surface area contributed by atoms with E-state index in [0.717, 1.165) is 6.54 Å². The highest BCUT2D eigenvalue weighted by Gasteiger charge is 2.05. The summed E-state index contributed by atoms with van der Waals surface area (Å²) in [4.78, 5) is 2.22. The van der Waals surface area contributed by atoms with Crippen LogP contribution >= 0.6 is 0 Å². The van der Waals surface area contributed by atoms with Crippen LogP contribution in [0.5, 0.6) is 0 Å². The van der Waals surface area contributed by atoms with Gasteiger partial charge in [-0.2, -0.15) is 0 Å². The molecule has 0 aromatic heterocycles. The van der Waals surface area contributed by atoms with Gasteiger partial charge in [-0.3, -0.25) is 0 Å². The van der Waals surface area contributed by atoms with Crippen molar-refractivity contribution in [2.24, 2.45) is 5.92 Å². The molecule has 0 atom stereocenters. The Morgan fingerprint density at radius 1 is 1.18 bits per heavy atom. The van der Waals surface area contributed by atoms with Crippen molar-refractivity contribution < 1.29 is 0 Å². The molecule has 0 amide bonds. The molecule has 0 saturated carbocycles. The maximum Gasteiger partial charge on any atom is 0.0191 e. The average molecular weight is 155 g/mol. The summed E-state index contributed by atoms with van der Waals surface area (Å²) >= 11 is 0. The van der Waals surface area contributed by atoms with Crippen molar-refractivity contribution in [3.63, 3.8) is 0 Å². The zero-order valence-corrected chi connectivity index (χ0v) is 8.73. The fraction of sp³-hybridized carbons (Fsp3) is 0.800. The van der Waals surface area contributed by atoms with Gasteiger partial charge in [0.05, 0.1) is 0 Å². The summed E-state index contributed by atoms with van der Waals surface area (Å²) in [5.74, 6) is 0.683. The Morgan fingerprint density at radius 3 is 1.73 bits per heavy atom. The fourth-order valence-corrected chi connectivity index (χ4v) is 1.26. The zero-order chi connectivity index (χ0) is 9.02. The molecule has 1 heteroatoms. The Kier molecular flexibility index (Phi) is 4.43. The van der Waals surface area contributed by atoms with Gasteiger partial charge >= 0.3 is 0 Å². The molecule has 0 N–H and O–H groups in total. The second-order valence-corrected chi connectivity index (χ2v) is 3.92. The first-order chi connectivity index (χ1) is 4.95. The summed E-state index contributed by atoms with van der Waals surface area (Å²) in [5.41, 5.74) is 3.03. The minimum absolute atomic E-state index is 0.683. The second kappa shape index (κ2) is 4.55. The van der Waals surface area contributed by atoms with E-state index in [0.29, 0.717) is 5.92 Å². The molecule has 0 fully saturated rings. The third-order valence-corrected chi connectivity index (χ3v) is 1.83. The Morgan fingerprint density at radius 2 is 1.64 bits per heavy atom. The van der Waals surface area contributed by atoms with Crippen LogP contribution in [0, 0.1) is 5.92 Å². The van der Waals surface area contributed by atoms with Gasteiger partial charge in [-0.15, -0.1) is 0 Å². The highest BCUT2D eigenvalue weighted by molar-refractivity contribution is 5.13. The first kappa shape index (κ1) is 10.7. The normalized spacial score (nSPS) is 10.9.